The zero-order valence-electron chi connectivity index (χ0n) is 13.5. The Morgan fingerprint density at radius 3 is 2.60 bits per heavy atom. The lowest BCUT2D eigenvalue weighted by Crippen LogP contribution is -2.54. The van der Waals surface area contributed by atoms with Crippen LogP contribution in [0.3, 0.4) is 0 Å². The molecule has 25 heavy (non-hydrogen) atoms. The minimum atomic E-state index is -1.10. The fraction of sp³-hybridized carbons (Fsp3) is 0.471. The number of nitrogens with one attached hydrogen (secondary N) is 1. The Morgan fingerprint density at radius 1 is 1.20 bits per heavy atom. The van der Waals surface area contributed by atoms with Crippen molar-refractivity contribution in [3.63, 3.8) is 0 Å². The van der Waals surface area contributed by atoms with Gasteiger partial charge in [-0.25, -0.2) is 9.18 Å². The van der Waals surface area contributed by atoms with Crippen LogP contribution in [0.4, 0.5) is 10.1 Å². The molecule has 1 unspecified atom stereocenters. The summed E-state index contributed by atoms with van der Waals surface area (Å²) in [6.07, 6.45) is -0.252. The SMILES string of the molecule is O=C(NC1CCCN(c2ccccc2F)C1=O)[C@@H]1CC[C@H](C(=O)O)O1. The molecule has 2 saturated heterocycles. The molecule has 8 heteroatoms. The minimum absolute atomic E-state index is 0.189. The number of aliphatic carboxylic acids is 1. The Hall–Kier alpha value is -2.48. The van der Waals surface area contributed by atoms with Crippen LogP contribution in [0.15, 0.2) is 24.3 Å². The van der Waals surface area contributed by atoms with Gasteiger partial charge < -0.3 is 20.1 Å². The third kappa shape index (κ3) is 3.63. The van der Waals surface area contributed by atoms with Gasteiger partial charge in [-0.1, -0.05) is 12.1 Å². The summed E-state index contributed by atoms with van der Waals surface area (Å²) in [7, 11) is 0. The fourth-order valence-electron chi connectivity index (χ4n) is 3.20. The van der Waals surface area contributed by atoms with Crippen molar-refractivity contribution >= 4 is 23.5 Å². The summed E-state index contributed by atoms with van der Waals surface area (Å²) in [5.74, 6) is -2.48. The second-order valence-electron chi connectivity index (χ2n) is 6.17. The number of hydrogen-bond donors (Lipinski definition) is 2. The Morgan fingerprint density at radius 2 is 1.92 bits per heavy atom. The summed E-state index contributed by atoms with van der Waals surface area (Å²) < 4.78 is 19.1. The monoisotopic (exact) mass is 350 g/mol. The number of para-hydroxylation sites is 1. The van der Waals surface area contributed by atoms with E-state index >= 15 is 0 Å². The second-order valence-corrected chi connectivity index (χ2v) is 6.17. The zero-order chi connectivity index (χ0) is 18.0. The number of ether oxygens (including phenoxy) is 1. The van der Waals surface area contributed by atoms with Crippen LogP contribution in [-0.4, -0.2) is 47.7 Å². The first kappa shape index (κ1) is 17.3. The number of amides is 2. The number of carboxylic acids is 1. The standard InChI is InChI=1S/C17H19FN2O5/c18-10-4-1-2-6-12(10)20-9-3-5-11(16(20)22)19-15(21)13-7-8-14(25-13)17(23)24/h1-2,4,6,11,13-14H,3,5,7-9H2,(H,19,21)(H,23,24)/t11?,13-,14+/m0/s1. The van der Waals surface area contributed by atoms with Crippen molar-refractivity contribution in [1.82, 2.24) is 5.32 Å². The summed E-state index contributed by atoms with van der Waals surface area (Å²) in [5, 5.41) is 11.5. The number of carbonyl (C=O) groups is 3. The lowest BCUT2D eigenvalue weighted by molar-refractivity contribution is -0.152. The molecular formula is C17H19FN2O5. The summed E-state index contributed by atoms with van der Waals surface area (Å²) >= 11 is 0. The maximum atomic E-state index is 13.9. The number of benzene rings is 1. The Bertz CT molecular complexity index is 695. The largest absolute Gasteiger partial charge is 0.479 e. The van der Waals surface area contributed by atoms with Crippen molar-refractivity contribution in [1.29, 1.82) is 0 Å². The molecule has 2 N–H and O–H groups in total. The van der Waals surface area contributed by atoms with Gasteiger partial charge in [0.1, 0.15) is 18.0 Å². The fourth-order valence-corrected chi connectivity index (χ4v) is 3.20. The third-order valence-electron chi connectivity index (χ3n) is 4.49. The summed E-state index contributed by atoms with van der Waals surface area (Å²) in [6.45, 7) is 0.382. The Labute approximate surface area is 143 Å². The number of anilines is 1. The van der Waals surface area contributed by atoms with Crippen LogP contribution in [0.2, 0.25) is 0 Å². The highest BCUT2D eigenvalue weighted by Crippen LogP contribution is 2.25. The maximum absolute atomic E-state index is 13.9. The molecule has 7 nitrogen and oxygen atoms in total. The highest BCUT2D eigenvalue weighted by molar-refractivity contribution is 6.00. The number of rotatable bonds is 4. The number of piperidine rings is 1. The van der Waals surface area contributed by atoms with E-state index in [0.29, 0.717) is 25.8 Å². The first-order valence-corrected chi connectivity index (χ1v) is 8.22. The minimum Gasteiger partial charge on any atom is -0.479 e. The second kappa shape index (κ2) is 7.18. The molecule has 1 aromatic rings. The molecule has 0 aliphatic carbocycles. The number of carbonyl (C=O) groups excluding carboxylic acids is 2. The van der Waals surface area contributed by atoms with Crippen LogP contribution in [0.25, 0.3) is 0 Å². The molecule has 2 heterocycles. The molecule has 2 fully saturated rings. The molecule has 0 saturated carbocycles. The summed E-state index contributed by atoms with van der Waals surface area (Å²) in [5.41, 5.74) is 0.189. The van der Waals surface area contributed by atoms with Crippen molar-refractivity contribution in [2.75, 3.05) is 11.4 Å². The summed E-state index contributed by atoms with van der Waals surface area (Å²) in [6, 6.07) is 5.22. The molecule has 3 atom stereocenters. The molecule has 2 aliphatic rings. The predicted octanol–water partition coefficient (Wildman–Crippen LogP) is 1.07. The van der Waals surface area contributed by atoms with Gasteiger partial charge in [0.15, 0.2) is 6.10 Å². The predicted molar refractivity (Wildman–Crippen MR) is 85.4 cm³/mol. The number of hydrogen-bond acceptors (Lipinski definition) is 4. The zero-order valence-corrected chi connectivity index (χ0v) is 13.5. The van der Waals surface area contributed by atoms with E-state index in [1.165, 1.54) is 17.0 Å². The van der Waals surface area contributed by atoms with Gasteiger partial charge in [-0.2, -0.15) is 0 Å². The van der Waals surface area contributed by atoms with Crippen LogP contribution in [-0.2, 0) is 19.1 Å². The van der Waals surface area contributed by atoms with Gasteiger partial charge in [-0.05, 0) is 37.8 Å². The van der Waals surface area contributed by atoms with E-state index in [9.17, 15) is 18.8 Å². The molecule has 1 aromatic carbocycles. The van der Waals surface area contributed by atoms with Gasteiger partial charge in [0.05, 0.1) is 5.69 Å². The van der Waals surface area contributed by atoms with Gasteiger partial charge in [0.25, 0.3) is 0 Å². The number of carboxylic acid groups (broad SMARTS) is 1. The third-order valence-corrected chi connectivity index (χ3v) is 4.49. The van der Waals surface area contributed by atoms with E-state index in [0.717, 1.165) is 0 Å². The molecule has 2 aliphatic heterocycles. The quantitative estimate of drug-likeness (QED) is 0.847. The smallest absolute Gasteiger partial charge is 0.332 e. The molecule has 0 aromatic heterocycles. The van der Waals surface area contributed by atoms with E-state index in [1.807, 2.05) is 0 Å². The van der Waals surface area contributed by atoms with E-state index in [1.54, 1.807) is 12.1 Å². The maximum Gasteiger partial charge on any atom is 0.332 e. The van der Waals surface area contributed by atoms with Crippen LogP contribution < -0.4 is 10.2 Å². The van der Waals surface area contributed by atoms with Crippen molar-refractivity contribution in [3.05, 3.63) is 30.1 Å². The molecule has 0 spiro atoms. The molecule has 134 valence electrons. The molecule has 2 amide bonds. The Kier molecular flexibility index (Phi) is 4.98. The Balaban J connectivity index is 1.65. The van der Waals surface area contributed by atoms with E-state index in [2.05, 4.69) is 5.32 Å². The van der Waals surface area contributed by atoms with Crippen LogP contribution in [0.5, 0.6) is 0 Å². The number of halogens is 1. The average Bonchev–Trinajstić information content (AvgIpc) is 3.08. The lowest BCUT2D eigenvalue weighted by atomic mass is 10.0. The lowest BCUT2D eigenvalue weighted by Gasteiger charge is -2.33. The van der Waals surface area contributed by atoms with Crippen LogP contribution in [0, 0.1) is 5.82 Å². The van der Waals surface area contributed by atoms with Crippen molar-refractivity contribution < 1.29 is 28.6 Å². The van der Waals surface area contributed by atoms with Gasteiger partial charge in [0, 0.05) is 6.54 Å². The molecule has 3 rings (SSSR count). The first-order valence-electron chi connectivity index (χ1n) is 8.22. The summed E-state index contributed by atoms with van der Waals surface area (Å²) in [4.78, 5) is 37.1. The van der Waals surface area contributed by atoms with Gasteiger partial charge >= 0.3 is 5.97 Å². The highest BCUT2D eigenvalue weighted by Gasteiger charge is 2.38. The van der Waals surface area contributed by atoms with Crippen molar-refractivity contribution in [2.24, 2.45) is 0 Å². The highest BCUT2D eigenvalue weighted by atomic mass is 19.1. The van der Waals surface area contributed by atoms with E-state index in [-0.39, 0.29) is 18.0 Å². The first-order chi connectivity index (χ1) is 12.0. The molecule has 0 radical (unpaired) electrons. The van der Waals surface area contributed by atoms with Gasteiger partial charge in [-0.15, -0.1) is 0 Å². The van der Waals surface area contributed by atoms with E-state index in [4.69, 9.17) is 9.84 Å². The normalized spacial score (nSPS) is 26.5. The average molecular weight is 350 g/mol. The number of nitrogens with zero attached hydrogens (tertiary/aromatic N) is 1. The van der Waals surface area contributed by atoms with E-state index < -0.39 is 35.9 Å². The van der Waals surface area contributed by atoms with Crippen LogP contribution >= 0.6 is 0 Å². The van der Waals surface area contributed by atoms with Gasteiger partial charge in [0.2, 0.25) is 11.8 Å². The van der Waals surface area contributed by atoms with Crippen LogP contribution in [0.1, 0.15) is 25.7 Å². The van der Waals surface area contributed by atoms with Gasteiger partial charge in [-0.3, -0.25) is 9.59 Å². The van der Waals surface area contributed by atoms with Crippen molar-refractivity contribution in [2.45, 2.75) is 43.9 Å². The van der Waals surface area contributed by atoms with Crippen molar-refractivity contribution in [3.8, 4) is 0 Å². The topological polar surface area (TPSA) is 95.9 Å². The molecule has 0 bridgehead atoms. The molecular weight excluding hydrogens is 331 g/mol.